The summed E-state index contributed by atoms with van der Waals surface area (Å²) in [6, 6.07) is 0. The molecule has 4 heteroatoms. The van der Waals surface area contributed by atoms with Crippen molar-refractivity contribution in [1.82, 2.24) is 10.6 Å². The average Bonchev–Trinajstić information content (AvgIpc) is 2.90. The lowest BCUT2D eigenvalue weighted by Gasteiger charge is -2.15. The Morgan fingerprint density at radius 1 is 1.60 bits per heavy atom. The van der Waals surface area contributed by atoms with Gasteiger partial charge in [0.15, 0.2) is 0 Å². The molecule has 0 spiro atoms. The summed E-state index contributed by atoms with van der Waals surface area (Å²) in [5.74, 6) is -0.120. The van der Waals surface area contributed by atoms with Crippen molar-refractivity contribution in [3.05, 3.63) is 0 Å². The van der Waals surface area contributed by atoms with E-state index in [0.29, 0.717) is 18.4 Å². The van der Waals surface area contributed by atoms with E-state index in [1.54, 1.807) is 0 Å². The molecule has 1 atom stereocenters. The molecule has 0 aromatic rings. The quantitative estimate of drug-likeness (QED) is 0.707. The molecule has 1 unspecified atom stereocenters. The van der Waals surface area contributed by atoms with E-state index in [9.17, 15) is 9.59 Å². The fourth-order valence-electron chi connectivity index (χ4n) is 2.04. The molecule has 1 aliphatic carbocycles. The fourth-order valence-corrected chi connectivity index (χ4v) is 2.04. The van der Waals surface area contributed by atoms with Crippen LogP contribution in [0.3, 0.4) is 0 Å². The molecular weight excluding hydrogens is 192 g/mol. The zero-order chi connectivity index (χ0) is 10.9. The Morgan fingerprint density at radius 3 is 2.80 bits per heavy atom. The molecule has 0 radical (unpaired) electrons. The summed E-state index contributed by atoms with van der Waals surface area (Å²) < 4.78 is 0. The van der Waals surface area contributed by atoms with E-state index in [1.807, 2.05) is 0 Å². The van der Waals surface area contributed by atoms with Gasteiger partial charge in [0, 0.05) is 19.5 Å². The third-order valence-electron chi connectivity index (χ3n) is 3.69. The minimum absolute atomic E-state index is 0.00761. The van der Waals surface area contributed by atoms with Gasteiger partial charge < -0.3 is 10.6 Å². The Kier molecular flexibility index (Phi) is 2.67. The van der Waals surface area contributed by atoms with E-state index >= 15 is 0 Å². The second-order valence-electron chi connectivity index (χ2n) is 4.78. The first-order chi connectivity index (χ1) is 7.15. The largest absolute Gasteiger partial charge is 0.355 e. The highest BCUT2D eigenvalue weighted by atomic mass is 16.2. The molecule has 2 N–H and O–H groups in total. The van der Waals surface area contributed by atoms with Gasteiger partial charge in [0.05, 0.1) is 5.92 Å². The molecule has 0 aromatic carbocycles. The van der Waals surface area contributed by atoms with Crippen LogP contribution in [0.2, 0.25) is 0 Å². The summed E-state index contributed by atoms with van der Waals surface area (Å²) in [5.41, 5.74) is 0.381. The van der Waals surface area contributed by atoms with Gasteiger partial charge in [-0.3, -0.25) is 9.59 Å². The number of carbonyl (C=O) groups is 2. The number of nitrogens with one attached hydrogen (secondary N) is 2. The van der Waals surface area contributed by atoms with E-state index in [1.165, 1.54) is 12.8 Å². The normalized spacial score (nSPS) is 27.3. The molecule has 0 bridgehead atoms. The van der Waals surface area contributed by atoms with Crippen LogP contribution in [0.1, 0.15) is 32.6 Å². The Labute approximate surface area is 89.8 Å². The van der Waals surface area contributed by atoms with Gasteiger partial charge in [0.2, 0.25) is 11.8 Å². The van der Waals surface area contributed by atoms with Gasteiger partial charge in [-0.15, -0.1) is 0 Å². The van der Waals surface area contributed by atoms with Crippen LogP contribution in [0.5, 0.6) is 0 Å². The highest BCUT2D eigenvalue weighted by molar-refractivity contribution is 5.89. The summed E-state index contributed by atoms with van der Waals surface area (Å²) in [4.78, 5) is 22.6. The molecule has 1 saturated carbocycles. The Morgan fingerprint density at radius 2 is 2.33 bits per heavy atom. The maximum atomic E-state index is 11.7. The second-order valence-corrected chi connectivity index (χ2v) is 4.78. The lowest BCUT2D eigenvalue weighted by Crippen LogP contribution is -2.35. The minimum atomic E-state index is -0.148. The third-order valence-corrected chi connectivity index (χ3v) is 3.69. The van der Waals surface area contributed by atoms with Crippen molar-refractivity contribution in [2.24, 2.45) is 11.3 Å². The van der Waals surface area contributed by atoms with Gasteiger partial charge in [-0.2, -0.15) is 0 Å². The highest BCUT2D eigenvalue weighted by Gasteiger charge is 2.41. The third kappa shape index (κ3) is 2.30. The lowest BCUT2D eigenvalue weighted by molar-refractivity contribution is -0.126. The molecular formula is C11H18N2O2. The van der Waals surface area contributed by atoms with Crippen LogP contribution in [-0.4, -0.2) is 24.9 Å². The van der Waals surface area contributed by atoms with Gasteiger partial charge >= 0.3 is 0 Å². The van der Waals surface area contributed by atoms with Gasteiger partial charge in [0.1, 0.15) is 0 Å². The molecule has 2 aliphatic rings. The van der Waals surface area contributed by atoms with Crippen molar-refractivity contribution in [2.75, 3.05) is 13.1 Å². The molecule has 2 fully saturated rings. The first-order valence-electron chi connectivity index (χ1n) is 5.70. The summed E-state index contributed by atoms with van der Waals surface area (Å²) in [7, 11) is 0. The van der Waals surface area contributed by atoms with E-state index in [0.717, 1.165) is 13.0 Å². The lowest BCUT2D eigenvalue weighted by atomic mass is 10.0. The van der Waals surface area contributed by atoms with Crippen LogP contribution >= 0.6 is 0 Å². The van der Waals surface area contributed by atoms with Crippen LogP contribution in [0.15, 0.2) is 0 Å². The zero-order valence-electron chi connectivity index (χ0n) is 9.14. The second kappa shape index (κ2) is 3.83. The van der Waals surface area contributed by atoms with Gasteiger partial charge in [0.25, 0.3) is 0 Å². The maximum Gasteiger partial charge on any atom is 0.225 e. The van der Waals surface area contributed by atoms with E-state index in [-0.39, 0.29) is 17.7 Å². The summed E-state index contributed by atoms with van der Waals surface area (Å²) in [5, 5.41) is 5.65. The van der Waals surface area contributed by atoms with Crippen LogP contribution in [0, 0.1) is 11.3 Å². The Balaban J connectivity index is 1.75. The van der Waals surface area contributed by atoms with Gasteiger partial charge in [-0.05, 0) is 24.7 Å². The molecule has 15 heavy (non-hydrogen) atoms. The zero-order valence-corrected chi connectivity index (χ0v) is 9.14. The van der Waals surface area contributed by atoms with Crippen molar-refractivity contribution < 1.29 is 9.59 Å². The maximum absolute atomic E-state index is 11.7. The van der Waals surface area contributed by atoms with Crippen molar-refractivity contribution in [3.63, 3.8) is 0 Å². The SMILES string of the molecule is CCC1(CNC(=O)C2CNC(=O)C2)CC1. The molecule has 2 rings (SSSR count). The molecule has 0 aromatic heterocycles. The first-order valence-corrected chi connectivity index (χ1v) is 5.70. The van der Waals surface area contributed by atoms with Crippen LogP contribution in [-0.2, 0) is 9.59 Å². The minimum Gasteiger partial charge on any atom is -0.355 e. The fraction of sp³-hybridized carbons (Fsp3) is 0.818. The number of hydrogen-bond donors (Lipinski definition) is 2. The number of hydrogen-bond acceptors (Lipinski definition) is 2. The number of amides is 2. The summed E-state index contributed by atoms with van der Waals surface area (Å²) >= 11 is 0. The molecule has 1 saturated heterocycles. The van der Waals surface area contributed by atoms with E-state index in [4.69, 9.17) is 0 Å². The number of rotatable bonds is 4. The van der Waals surface area contributed by atoms with Crippen molar-refractivity contribution in [3.8, 4) is 0 Å². The van der Waals surface area contributed by atoms with E-state index in [2.05, 4.69) is 17.6 Å². The molecule has 1 heterocycles. The smallest absolute Gasteiger partial charge is 0.225 e. The molecule has 1 aliphatic heterocycles. The Hall–Kier alpha value is -1.06. The highest BCUT2D eigenvalue weighted by Crippen LogP contribution is 2.47. The van der Waals surface area contributed by atoms with E-state index < -0.39 is 0 Å². The summed E-state index contributed by atoms with van der Waals surface area (Å²) in [6.07, 6.45) is 3.94. The van der Waals surface area contributed by atoms with Gasteiger partial charge in [-0.25, -0.2) is 0 Å². The monoisotopic (exact) mass is 210 g/mol. The number of carbonyl (C=O) groups excluding carboxylic acids is 2. The topological polar surface area (TPSA) is 58.2 Å². The average molecular weight is 210 g/mol. The van der Waals surface area contributed by atoms with Crippen LogP contribution < -0.4 is 10.6 Å². The predicted octanol–water partition coefficient (Wildman–Crippen LogP) is 0.429. The van der Waals surface area contributed by atoms with Crippen LogP contribution in [0.4, 0.5) is 0 Å². The van der Waals surface area contributed by atoms with Crippen molar-refractivity contribution in [1.29, 1.82) is 0 Å². The van der Waals surface area contributed by atoms with Crippen molar-refractivity contribution in [2.45, 2.75) is 32.6 Å². The Bertz CT molecular complexity index is 284. The summed E-state index contributed by atoms with van der Waals surface area (Å²) in [6.45, 7) is 3.45. The first kappa shape index (κ1) is 10.5. The predicted molar refractivity (Wildman–Crippen MR) is 56.1 cm³/mol. The van der Waals surface area contributed by atoms with Crippen molar-refractivity contribution >= 4 is 11.8 Å². The molecule has 84 valence electrons. The van der Waals surface area contributed by atoms with Crippen LogP contribution in [0.25, 0.3) is 0 Å². The van der Waals surface area contributed by atoms with Gasteiger partial charge in [-0.1, -0.05) is 6.92 Å². The molecule has 4 nitrogen and oxygen atoms in total. The standard InChI is InChI=1S/C11H18N2O2/c1-2-11(3-4-11)7-13-10(15)8-5-9(14)12-6-8/h8H,2-7H2,1H3,(H,12,14)(H,13,15). The molecule has 2 amide bonds.